The lowest BCUT2D eigenvalue weighted by molar-refractivity contribution is 0.0600. The Bertz CT molecular complexity index is 993. The molecule has 140 valence electrons. The molecule has 3 nitrogen and oxygen atoms in total. The van der Waals surface area contributed by atoms with Gasteiger partial charge < -0.3 is 9.30 Å². The van der Waals surface area contributed by atoms with Crippen LogP contribution in [0.3, 0.4) is 0 Å². The van der Waals surface area contributed by atoms with E-state index in [-0.39, 0.29) is 12.0 Å². The summed E-state index contributed by atoms with van der Waals surface area (Å²) in [5.41, 5.74) is 5.21. The maximum atomic E-state index is 12.6. The molecule has 0 aliphatic rings. The molecule has 3 aromatic rings. The number of hydrogen-bond acceptors (Lipinski definition) is 2. The monoisotopic (exact) mass is 401 g/mol. The zero-order valence-electron chi connectivity index (χ0n) is 15.7. The van der Waals surface area contributed by atoms with Gasteiger partial charge in [-0.05, 0) is 44.0 Å². The van der Waals surface area contributed by atoms with Crippen molar-refractivity contribution in [2.45, 2.75) is 26.8 Å². The van der Waals surface area contributed by atoms with Crippen molar-refractivity contribution in [1.82, 2.24) is 4.57 Å². The maximum absolute atomic E-state index is 12.6. The number of ether oxygens (including phenoxy) is 1. The first kappa shape index (κ1) is 19.5. The molecule has 0 fully saturated rings. The van der Waals surface area contributed by atoms with E-state index in [9.17, 15) is 4.79 Å². The van der Waals surface area contributed by atoms with Crippen LogP contribution in [0.2, 0.25) is 10.0 Å². The number of nitrogens with zero attached hydrogens (tertiary/aromatic N) is 1. The molecule has 0 spiro atoms. The van der Waals surface area contributed by atoms with Crippen LogP contribution in [-0.4, -0.2) is 17.6 Å². The Balaban J connectivity index is 2.27. The molecule has 1 aromatic heterocycles. The molecule has 1 atom stereocenters. The first-order valence-corrected chi connectivity index (χ1v) is 9.42. The van der Waals surface area contributed by atoms with Crippen molar-refractivity contribution < 1.29 is 9.53 Å². The van der Waals surface area contributed by atoms with Gasteiger partial charge >= 0.3 is 5.97 Å². The van der Waals surface area contributed by atoms with Gasteiger partial charge in [0.05, 0.1) is 28.8 Å². The number of halogens is 2. The van der Waals surface area contributed by atoms with Gasteiger partial charge in [-0.15, -0.1) is 0 Å². The van der Waals surface area contributed by atoms with E-state index in [2.05, 4.69) is 23.6 Å². The topological polar surface area (TPSA) is 31.2 Å². The molecular formula is C22H21Cl2NO2. The molecule has 0 aliphatic heterocycles. The molecule has 1 heterocycles. The van der Waals surface area contributed by atoms with Crippen molar-refractivity contribution in [3.63, 3.8) is 0 Å². The zero-order valence-corrected chi connectivity index (χ0v) is 17.2. The van der Waals surface area contributed by atoms with E-state index in [0.29, 0.717) is 15.6 Å². The van der Waals surface area contributed by atoms with Gasteiger partial charge in [0, 0.05) is 17.0 Å². The lowest BCUT2D eigenvalue weighted by Crippen LogP contribution is -2.11. The van der Waals surface area contributed by atoms with Gasteiger partial charge in [-0.3, -0.25) is 0 Å². The molecule has 2 aromatic carbocycles. The van der Waals surface area contributed by atoms with Crippen LogP contribution < -0.4 is 0 Å². The summed E-state index contributed by atoms with van der Waals surface area (Å²) in [5.74, 6) is -0.365. The number of methoxy groups -OCH3 is 1. The third-order valence-electron chi connectivity index (χ3n) is 4.96. The first-order valence-electron chi connectivity index (χ1n) is 8.66. The normalized spacial score (nSPS) is 12.1. The molecule has 0 radical (unpaired) electrons. The van der Waals surface area contributed by atoms with Crippen LogP contribution in [0.25, 0.3) is 11.1 Å². The van der Waals surface area contributed by atoms with Crippen LogP contribution in [-0.2, 0) is 4.74 Å². The van der Waals surface area contributed by atoms with E-state index in [1.807, 2.05) is 38.1 Å². The fraction of sp³-hybridized carbons (Fsp3) is 0.227. The number of carbonyl (C=O) groups excluding carboxylic acids is 1. The van der Waals surface area contributed by atoms with Gasteiger partial charge in [0.25, 0.3) is 0 Å². The van der Waals surface area contributed by atoms with Crippen molar-refractivity contribution in [3.8, 4) is 11.1 Å². The summed E-state index contributed by atoms with van der Waals surface area (Å²) >= 11 is 12.3. The summed E-state index contributed by atoms with van der Waals surface area (Å²) in [6.45, 7) is 6.07. The van der Waals surface area contributed by atoms with E-state index in [1.165, 1.54) is 7.11 Å². The second-order valence-electron chi connectivity index (χ2n) is 6.50. The summed E-state index contributed by atoms with van der Waals surface area (Å²) in [7, 11) is 1.40. The molecule has 1 unspecified atom stereocenters. The first-order chi connectivity index (χ1) is 12.9. The highest BCUT2D eigenvalue weighted by atomic mass is 35.5. The third-order valence-corrected chi connectivity index (χ3v) is 5.70. The number of hydrogen-bond donors (Lipinski definition) is 0. The van der Waals surface area contributed by atoms with E-state index in [4.69, 9.17) is 27.9 Å². The summed E-state index contributed by atoms with van der Waals surface area (Å²) in [5, 5.41) is 0.928. The fourth-order valence-electron chi connectivity index (χ4n) is 3.67. The number of esters is 1. The van der Waals surface area contributed by atoms with Crippen LogP contribution in [0, 0.1) is 13.8 Å². The summed E-state index contributed by atoms with van der Waals surface area (Å²) in [4.78, 5) is 12.6. The predicted molar refractivity (Wildman–Crippen MR) is 111 cm³/mol. The molecule has 27 heavy (non-hydrogen) atoms. The van der Waals surface area contributed by atoms with Gasteiger partial charge in [0.2, 0.25) is 0 Å². The second kappa shape index (κ2) is 7.79. The van der Waals surface area contributed by atoms with Crippen molar-refractivity contribution in [2.24, 2.45) is 0 Å². The molecule has 0 N–H and O–H groups in total. The standard InChI is InChI=1S/C22H21Cl2NO2/c1-13(16-8-6-5-7-9-16)25-14(2)20(21(15(25)3)22(26)27-4)17-10-11-18(23)19(24)12-17/h5-13H,1-4H3. The van der Waals surface area contributed by atoms with Gasteiger partial charge in [0.15, 0.2) is 0 Å². The molecule has 0 bridgehead atoms. The SMILES string of the molecule is COC(=O)c1c(-c2ccc(Cl)c(Cl)c2)c(C)n(C(C)c2ccccc2)c1C. The van der Waals surface area contributed by atoms with Crippen molar-refractivity contribution in [3.05, 3.63) is 81.1 Å². The van der Waals surface area contributed by atoms with Gasteiger partial charge in [0.1, 0.15) is 0 Å². The Kier molecular flexibility index (Phi) is 5.64. The van der Waals surface area contributed by atoms with Crippen LogP contribution >= 0.6 is 23.2 Å². The van der Waals surface area contributed by atoms with E-state index < -0.39 is 0 Å². The Labute approximate surface area is 169 Å². The Hall–Kier alpha value is -2.23. The van der Waals surface area contributed by atoms with E-state index in [0.717, 1.165) is 28.1 Å². The van der Waals surface area contributed by atoms with Gasteiger partial charge in [-0.2, -0.15) is 0 Å². The lowest BCUT2D eigenvalue weighted by atomic mass is 10.0. The Morgan fingerprint density at radius 1 is 1.00 bits per heavy atom. The van der Waals surface area contributed by atoms with Crippen molar-refractivity contribution in [2.75, 3.05) is 7.11 Å². The number of carbonyl (C=O) groups is 1. The summed E-state index contributed by atoms with van der Waals surface area (Å²) in [6, 6.07) is 15.7. The van der Waals surface area contributed by atoms with Crippen LogP contribution in [0.15, 0.2) is 48.5 Å². The smallest absolute Gasteiger partial charge is 0.340 e. The number of aromatic nitrogens is 1. The Morgan fingerprint density at radius 3 is 2.26 bits per heavy atom. The molecule has 3 rings (SSSR count). The summed E-state index contributed by atoms with van der Waals surface area (Å²) < 4.78 is 7.24. The number of rotatable bonds is 4. The quantitative estimate of drug-likeness (QED) is 0.468. The summed E-state index contributed by atoms with van der Waals surface area (Å²) in [6.07, 6.45) is 0. The lowest BCUT2D eigenvalue weighted by Gasteiger charge is -2.19. The highest BCUT2D eigenvalue weighted by Gasteiger charge is 2.27. The second-order valence-corrected chi connectivity index (χ2v) is 7.31. The molecule has 0 aliphatic carbocycles. The van der Waals surface area contributed by atoms with Gasteiger partial charge in [-0.25, -0.2) is 4.79 Å². The highest BCUT2D eigenvalue weighted by molar-refractivity contribution is 6.42. The fourth-order valence-corrected chi connectivity index (χ4v) is 3.97. The average Bonchev–Trinajstić information content (AvgIpc) is 2.94. The highest BCUT2D eigenvalue weighted by Crippen LogP contribution is 2.38. The third kappa shape index (κ3) is 3.50. The Morgan fingerprint density at radius 2 is 1.67 bits per heavy atom. The minimum atomic E-state index is -0.365. The zero-order chi connectivity index (χ0) is 19.7. The molecule has 0 amide bonds. The average molecular weight is 402 g/mol. The molecular weight excluding hydrogens is 381 g/mol. The van der Waals surface area contributed by atoms with Crippen LogP contribution in [0.4, 0.5) is 0 Å². The van der Waals surface area contributed by atoms with Crippen molar-refractivity contribution in [1.29, 1.82) is 0 Å². The van der Waals surface area contributed by atoms with E-state index in [1.54, 1.807) is 12.1 Å². The van der Waals surface area contributed by atoms with Gasteiger partial charge in [-0.1, -0.05) is 59.6 Å². The maximum Gasteiger partial charge on any atom is 0.340 e. The molecule has 0 saturated carbocycles. The number of benzene rings is 2. The van der Waals surface area contributed by atoms with Crippen LogP contribution in [0.1, 0.15) is 40.3 Å². The predicted octanol–water partition coefficient (Wildman–Crippen LogP) is 6.47. The molecule has 0 saturated heterocycles. The largest absolute Gasteiger partial charge is 0.465 e. The van der Waals surface area contributed by atoms with Crippen LogP contribution in [0.5, 0.6) is 0 Å². The minimum absolute atomic E-state index is 0.0612. The molecule has 5 heteroatoms. The van der Waals surface area contributed by atoms with E-state index >= 15 is 0 Å². The minimum Gasteiger partial charge on any atom is -0.465 e. The van der Waals surface area contributed by atoms with Crippen molar-refractivity contribution >= 4 is 29.2 Å².